The molecular weight excluding hydrogens is 292 g/mol. The highest BCUT2D eigenvalue weighted by Crippen LogP contribution is 2.12. The molecule has 0 radical (unpaired) electrons. The van der Waals surface area contributed by atoms with Crippen LogP contribution < -0.4 is 10.1 Å². The van der Waals surface area contributed by atoms with Crippen LogP contribution in [0.4, 0.5) is 0 Å². The Bertz CT molecular complexity index is 619. The lowest BCUT2D eigenvalue weighted by atomic mass is 10.1. The third kappa shape index (κ3) is 5.09. The third-order valence-corrected chi connectivity index (χ3v) is 3.77. The molecule has 0 saturated carbocycles. The molecule has 0 aliphatic heterocycles. The van der Waals surface area contributed by atoms with E-state index >= 15 is 0 Å². The van der Waals surface area contributed by atoms with Crippen LogP contribution in [0.5, 0.6) is 5.75 Å². The van der Waals surface area contributed by atoms with E-state index in [9.17, 15) is 5.11 Å². The Balaban J connectivity index is 1.72. The number of nitrogens with zero attached hydrogens (tertiary/aromatic N) is 3. The van der Waals surface area contributed by atoms with Crippen molar-refractivity contribution in [2.24, 2.45) is 0 Å². The second kappa shape index (κ2) is 8.32. The first-order valence-electron chi connectivity index (χ1n) is 7.63. The average Bonchev–Trinajstić information content (AvgIpc) is 3.12. The second-order valence-corrected chi connectivity index (χ2v) is 5.52. The number of benzene rings is 1. The lowest BCUT2D eigenvalue weighted by Crippen LogP contribution is -2.40. The van der Waals surface area contributed by atoms with Gasteiger partial charge >= 0.3 is 0 Å². The number of aliphatic hydroxyl groups excluding tert-OH is 1. The largest absolute Gasteiger partial charge is 0.491 e. The van der Waals surface area contributed by atoms with Crippen LogP contribution >= 0.6 is 0 Å². The van der Waals surface area contributed by atoms with Crippen molar-refractivity contribution in [3.05, 3.63) is 48.3 Å². The van der Waals surface area contributed by atoms with Crippen molar-refractivity contribution in [1.29, 1.82) is 5.26 Å². The lowest BCUT2D eigenvalue weighted by molar-refractivity contribution is 0.102. The van der Waals surface area contributed by atoms with E-state index in [4.69, 9.17) is 10.00 Å². The summed E-state index contributed by atoms with van der Waals surface area (Å²) in [5.41, 5.74) is 0.584. The highest BCUT2D eigenvalue weighted by atomic mass is 16.5. The molecule has 122 valence electrons. The summed E-state index contributed by atoms with van der Waals surface area (Å²) < 4.78 is 7.40. The Morgan fingerprint density at radius 2 is 2.09 bits per heavy atom. The van der Waals surface area contributed by atoms with Gasteiger partial charge in [-0.3, -0.25) is 4.68 Å². The predicted octanol–water partition coefficient (Wildman–Crippen LogP) is 1.73. The van der Waals surface area contributed by atoms with Gasteiger partial charge in [0.25, 0.3) is 0 Å². The van der Waals surface area contributed by atoms with Crippen molar-refractivity contribution in [3.63, 3.8) is 0 Å². The van der Waals surface area contributed by atoms with E-state index in [0.29, 0.717) is 17.9 Å². The number of nitrogens with one attached hydrogen (secondary N) is 1. The molecule has 2 rings (SSSR count). The zero-order valence-corrected chi connectivity index (χ0v) is 13.4. The second-order valence-electron chi connectivity index (χ2n) is 5.52. The number of rotatable bonds is 8. The Labute approximate surface area is 136 Å². The minimum absolute atomic E-state index is 0.166. The van der Waals surface area contributed by atoms with Crippen molar-refractivity contribution in [1.82, 2.24) is 15.1 Å². The van der Waals surface area contributed by atoms with Gasteiger partial charge in [-0.05, 0) is 44.2 Å². The summed E-state index contributed by atoms with van der Waals surface area (Å²) in [5.74, 6) is 0.640. The Morgan fingerprint density at radius 1 is 1.35 bits per heavy atom. The molecule has 0 saturated heterocycles. The first kappa shape index (κ1) is 17.0. The smallest absolute Gasteiger partial charge is 0.119 e. The highest BCUT2D eigenvalue weighted by molar-refractivity contribution is 5.34. The van der Waals surface area contributed by atoms with Gasteiger partial charge in [0.15, 0.2) is 0 Å². The van der Waals surface area contributed by atoms with Crippen molar-refractivity contribution in [2.45, 2.75) is 32.0 Å². The fourth-order valence-corrected chi connectivity index (χ4v) is 2.12. The third-order valence-electron chi connectivity index (χ3n) is 3.77. The number of hydrogen-bond acceptors (Lipinski definition) is 5. The van der Waals surface area contributed by atoms with E-state index < -0.39 is 6.10 Å². The summed E-state index contributed by atoms with van der Waals surface area (Å²) in [6, 6.07) is 11.1. The predicted molar refractivity (Wildman–Crippen MR) is 87.1 cm³/mol. The molecule has 23 heavy (non-hydrogen) atoms. The standard InChI is InChI=1S/C17H22N4O2/c1-13(14(2)21-9-3-8-20-21)19-11-16(22)12-23-17-6-4-15(10-18)5-7-17/h3-9,13-14,16,19,22H,11-12H2,1-2H3. The zero-order valence-electron chi connectivity index (χ0n) is 13.4. The summed E-state index contributed by atoms with van der Waals surface area (Å²) in [6.45, 7) is 4.76. The number of aromatic nitrogens is 2. The van der Waals surface area contributed by atoms with E-state index in [1.165, 1.54) is 0 Å². The molecule has 1 heterocycles. The van der Waals surface area contributed by atoms with Crippen molar-refractivity contribution in [3.8, 4) is 11.8 Å². The number of aliphatic hydroxyl groups is 1. The maximum absolute atomic E-state index is 10.0. The van der Waals surface area contributed by atoms with E-state index in [0.717, 1.165) is 0 Å². The van der Waals surface area contributed by atoms with Gasteiger partial charge in [-0.15, -0.1) is 0 Å². The van der Waals surface area contributed by atoms with Crippen LogP contribution in [0.15, 0.2) is 42.7 Å². The maximum atomic E-state index is 10.0. The van der Waals surface area contributed by atoms with Gasteiger partial charge in [0.1, 0.15) is 18.5 Å². The first-order chi connectivity index (χ1) is 11.1. The van der Waals surface area contributed by atoms with Crippen molar-refractivity contribution >= 4 is 0 Å². The van der Waals surface area contributed by atoms with Crippen molar-refractivity contribution in [2.75, 3.05) is 13.2 Å². The molecule has 3 unspecified atom stereocenters. The molecule has 0 aliphatic rings. The summed E-state index contributed by atoms with van der Waals surface area (Å²) in [5, 5.41) is 26.3. The van der Waals surface area contributed by atoms with Crippen LogP contribution in [0, 0.1) is 11.3 Å². The van der Waals surface area contributed by atoms with Gasteiger partial charge in [0.05, 0.1) is 17.7 Å². The molecule has 1 aromatic carbocycles. The molecule has 6 heteroatoms. The molecule has 3 atom stereocenters. The molecule has 2 aromatic rings. The molecule has 0 amide bonds. The molecular formula is C17H22N4O2. The maximum Gasteiger partial charge on any atom is 0.119 e. The summed E-state index contributed by atoms with van der Waals surface area (Å²) in [6.07, 6.45) is 3.06. The lowest BCUT2D eigenvalue weighted by Gasteiger charge is -2.23. The number of nitriles is 1. The van der Waals surface area contributed by atoms with E-state index in [1.54, 1.807) is 30.5 Å². The van der Waals surface area contributed by atoms with Crippen LogP contribution in [0.25, 0.3) is 0 Å². The molecule has 6 nitrogen and oxygen atoms in total. The van der Waals surface area contributed by atoms with Crippen molar-refractivity contribution < 1.29 is 9.84 Å². The minimum atomic E-state index is -0.613. The van der Waals surface area contributed by atoms with Gasteiger partial charge in [-0.2, -0.15) is 10.4 Å². The monoisotopic (exact) mass is 314 g/mol. The summed E-state index contributed by atoms with van der Waals surface area (Å²) >= 11 is 0. The first-order valence-corrected chi connectivity index (χ1v) is 7.63. The summed E-state index contributed by atoms with van der Waals surface area (Å²) in [7, 11) is 0. The fraction of sp³-hybridized carbons (Fsp3) is 0.412. The normalized spacial score (nSPS) is 14.7. The van der Waals surface area contributed by atoms with Gasteiger partial charge in [0.2, 0.25) is 0 Å². The Kier molecular flexibility index (Phi) is 6.15. The minimum Gasteiger partial charge on any atom is -0.491 e. The van der Waals surface area contributed by atoms with Gasteiger partial charge < -0.3 is 15.2 Å². The van der Waals surface area contributed by atoms with Crippen LogP contribution in [-0.4, -0.2) is 40.2 Å². The molecule has 0 fully saturated rings. The zero-order chi connectivity index (χ0) is 16.7. The summed E-state index contributed by atoms with van der Waals surface area (Å²) in [4.78, 5) is 0. The molecule has 0 aliphatic carbocycles. The van der Waals surface area contributed by atoms with Gasteiger partial charge in [-0.25, -0.2) is 0 Å². The quantitative estimate of drug-likeness (QED) is 0.775. The van der Waals surface area contributed by atoms with E-state index in [2.05, 4.69) is 30.3 Å². The highest BCUT2D eigenvalue weighted by Gasteiger charge is 2.15. The fourth-order valence-electron chi connectivity index (χ4n) is 2.12. The Hall–Kier alpha value is -2.36. The average molecular weight is 314 g/mol. The molecule has 0 bridgehead atoms. The van der Waals surface area contributed by atoms with Crippen LogP contribution in [0.2, 0.25) is 0 Å². The number of hydrogen-bond donors (Lipinski definition) is 2. The molecule has 2 N–H and O–H groups in total. The van der Waals surface area contributed by atoms with Crippen LogP contribution in [0.1, 0.15) is 25.5 Å². The Morgan fingerprint density at radius 3 is 2.70 bits per heavy atom. The molecule has 1 aromatic heterocycles. The van der Waals surface area contributed by atoms with E-state index in [1.807, 2.05) is 16.9 Å². The molecule has 0 spiro atoms. The number of ether oxygens (including phenoxy) is 1. The van der Waals surface area contributed by atoms with Gasteiger partial charge in [-0.1, -0.05) is 0 Å². The van der Waals surface area contributed by atoms with E-state index in [-0.39, 0.29) is 18.7 Å². The SMILES string of the molecule is CC(NCC(O)COc1ccc(C#N)cc1)C(C)n1cccn1. The van der Waals surface area contributed by atoms with Gasteiger partial charge in [0, 0.05) is 25.0 Å². The van der Waals surface area contributed by atoms with Crippen LogP contribution in [-0.2, 0) is 0 Å². The van der Waals surface area contributed by atoms with Crippen LogP contribution in [0.3, 0.4) is 0 Å². The topological polar surface area (TPSA) is 83.1 Å².